The smallest absolute Gasteiger partial charge is 0.0270 e. The van der Waals surface area contributed by atoms with E-state index in [0.29, 0.717) is 0 Å². The predicted molar refractivity (Wildman–Crippen MR) is 77.9 cm³/mol. The van der Waals surface area contributed by atoms with E-state index < -0.39 is 0 Å². The van der Waals surface area contributed by atoms with Crippen LogP contribution in [0.3, 0.4) is 0 Å². The second-order valence-corrected chi connectivity index (χ2v) is 4.46. The van der Waals surface area contributed by atoms with E-state index >= 15 is 0 Å². The number of nitrogens with zero attached hydrogens (tertiary/aromatic N) is 1. The standard InChI is InChI=1S/C16H15N.ClH/c1-2-7-16-14(4-1)5-3-6-15(16)12-13-8-10-17-11-9-13;/h1-2,4,6-11H,3,5,12H2;1H. The number of rotatable bonds is 2. The summed E-state index contributed by atoms with van der Waals surface area (Å²) in [6, 6.07) is 12.9. The SMILES string of the molecule is C1=C(Cc2ccncc2)c2ccccc2CC1.Cl. The van der Waals surface area contributed by atoms with E-state index in [1.165, 1.54) is 28.7 Å². The molecule has 1 aliphatic carbocycles. The highest BCUT2D eigenvalue weighted by atomic mass is 35.5. The predicted octanol–water partition coefficient (Wildman–Crippen LogP) is 4.08. The molecule has 2 heteroatoms. The van der Waals surface area contributed by atoms with Crippen molar-refractivity contribution in [3.05, 3.63) is 71.6 Å². The third-order valence-electron chi connectivity index (χ3n) is 3.31. The van der Waals surface area contributed by atoms with Crippen molar-refractivity contribution in [3.63, 3.8) is 0 Å². The second-order valence-electron chi connectivity index (χ2n) is 4.46. The van der Waals surface area contributed by atoms with Gasteiger partial charge in [-0.05, 0) is 53.7 Å². The van der Waals surface area contributed by atoms with E-state index in [1.54, 1.807) is 0 Å². The molecule has 0 fully saturated rings. The van der Waals surface area contributed by atoms with Gasteiger partial charge in [0.25, 0.3) is 0 Å². The Morgan fingerprint density at radius 2 is 1.78 bits per heavy atom. The van der Waals surface area contributed by atoms with Crippen molar-refractivity contribution in [2.75, 3.05) is 0 Å². The Morgan fingerprint density at radius 1 is 1.00 bits per heavy atom. The lowest BCUT2D eigenvalue weighted by atomic mass is 9.88. The maximum absolute atomic E-state index is 4.06. The lowest BCUT2D eigenvalue weighted by Gasteiger charge is -2.17. The number of pyridine rings is 1. The summed E-state index contributed by atoms with van der Waals surface area (Å²) in [6.45, 7) is 0. The monoisotopic (exact) mass is 257 g/mol. The zero-order valence-corrected chi connectivity index (χ0v) is 11.0. The first-order valence-electron chi connectivity index (χ1n) is 6.10. The molecule has 1 nitrogen and oxygen atoms in total. The fourth-order valence-corrected chi connectivity index (χ4v) is 2.45. The molecule has 0 bridgehead atoms. The highest BCUT2D eigenvalue weighted by Gasteiger charge is 2.11. The van der Waals surface area contributed by atoms with Gasteiger partial charge < -0.3 is 0 Å². The third-order valence-corrected chi connectivity index (χ3v) is 3.31. The Bertz CT molecular complexity index is 546. The van der Waals surface area contributed by atoms with Crippen LogP contribution in [0, 0.1) is 0 Å². The molecule has 92 valence electrons. The molecule has 0 amide bonds. The van der Waals surface area contributed by atoms with Gasteiger partial charge in [-0.15, -0.1) is 12.4 Å². The molecular formula is C16H16ClN. The second kappa shape index (κ2) is 5.83. The summed E-state index contributed by atoms with van der Waals surface area (Å²) >= 11 is 0. The van der Waals surface area contributed by atoms with Gasteiger partial charge in [0, 0.05) is 12.4 Å². The van der Waals surface area contributed by atoms with Crippen LogP contribution in [-0.2, 0) is 12.8 Å². The highest BCUT2D eigenvalue weighted by Crippen LogP contribution is 2.28. The van der Waals surface area contributed by atoms with E-state index in [-0.39, 0.29) is 12.4 Å². The number of hydrogen-bond donors (Lipinski definition) is 0. The van der Waals surface area contributed by atoms with E-state index in [0.717, 1.165) is 12.8 Å². The van der Waals surface area contributed by atoms with Crippen LogP contribution in [0.25, 0.3) is 5.57 Å². The summed E-state index contributed by atoms with van der Waals surface area (Å²) in [7, 11) is 0. The number of hydrogen-bond acceptors (Lipinski definition) is 1. The van der Waals surface area contributed by atoms with E-state index in [4.69, 9.17) is 0 Å². The first-order chi connectivity index (χ1) is 8.43. The van der Waals surface area contributed by atoms with Gasteiger partial charge >= 0.3 is 0 Å². The molecule has 0 unspecified atom stereocenters. The maximum atomic E-state index is 4.06. The summed E-state index contributed by atoms with van der Waals surface area (Å²) in [5.41, 5.74) is 5.70. The van der Waals surface area contributed by atoms with Crippen molar-refractivity contribution in [1.29, 1.82) is 0 Å². The molecule has 2 aromatic rings. The number of halogens is 1. The van der Waals surface area contributed by atoms with E-state index in [9.17, 15) is 0 Å². The van der Waals surface area contributed by atoms with E-state index in [2.05, 4.69) is 47.5 Å². The van der Waals surface area contributed by atoms with Gasteiger partial charge in [-0.1, -0.05) is 30.3 Å². The average molecular weight is 258 g/mol. The van der Waals surface area contributed by atoms with Crippen LogP contribution in [-0.4, -0.2) is 4.98 Å². The van der Waals surface area contributed by atoms with Crippen molar-refractivity contribution in [2.24, 2.45) is 0 Å². The lowest BCUT2D eigenvalue weighted by Crippen LogP contribution is -2.01. The van der Waals surface area contributed by atoms with Crippen molar-refractivity contribution >= 4 is 18.0 Å². The zero-order valence-electron chi connectivity index (χ0n) is 10.2. The Balaban J connectivity index is 0.00000120. The van der Waals surface area contributed by atoms with Gasteiger partial charge in [0.15, 0.2) is 0 Å². The van der Waals surface area contributed by atoms with Crippen LogP contribution in [0.1, 0.15) is 23.1 Å². The summed E-state index contributed by atoms with van der Waals surface area (Å²) < 4.78 is 0. The van der Waals surface area contributed by atoms with Gasteiger partial charge in [0.05, 0.1) is 0 Å². The molecule has 0 atom stereocenters. The van der Waals surface area contributed by atoms with Crippen LogP contribution >= 0.6 is 12.4 Å². The molecule has 3 rings (SSSR count). The fourth-order valence-electron chi connectivity index (χ4n) is 2.45. The first-order valence-corrected chi connectivity index (χ1v) is 6.10. The maximum Gasteiger partial charge on any atom is 0.0270 e. The van der Waals surface area contributed by atoms with Crippen LogP contribution in [0.15, 0.2) is 54.9 Å². The largest absolute Gasteiger partial charge is 0.265 e. The lowest BCUT2D eigenvalue weighted by molar-refractivity contribution is 0.966. The quantitative estimate of drug-likeness (QED) is 0.790. The van der Waals surface area contributed by atoms with Gasteiger partial charge in [0.1, 0.15) is 0 Å². The fraction of sp³-hybridized carbons (Fsp3) is 0.188. The highest BCUT2D eigenvalue weighted by molar-refractivity contribution is 5.85. The minimum Gasteiger partial charge on any atom is -0.265 e. The molecule has 1 heterocycles. The molecule has 0 radical (unpaired) electrons. The third kappa shape index (κ3) is 2.62. The molecule has 18 heavy (non-hydrogen) atoms. The number of aromatic nitrogens is 1. The normalized spacial score (nSPS) is 13.2. The number of fused-ring (bicyclic) bond motifs is 1. The molecule has 0 N–H and O–H groups in total. The molecule has 0 saturated heterocycles. The molecule has 0 spiro atoms. The van der Waals surface area contributed by atoms with Crippen LogP contribution in [0.2, 0.25) is 0 Å². The molecule has 1 aromatic carbocycles. The topological polar surface area (TPSA) is 12.9 Å². The van der Waals surface area contributed by atoms with Gasteiger partial charge in [0.2, 0.25) is 0 Å². The van der Waals surface area contributed by atoms with Crippen LogP contribution < -0.4 is 0 Å². The Kier molecular flexibility index (Phi) is 4.16. The van der Waals surface area contributed by atoms with Crippen molar-refractivity contribution < 1.29 is 0 Å². The van der Waals surface area contributed by atoms with E-state index in [1.807, 2.05) is 12.4 Å². The zero-order chi connectivity index (χ0) is 11.5. The summed E-state index contributed by atoms with van der Waals surface area (Å²) in [4.78, 5) is 4.06. The number of benzene rings is 1. The molecule has 0 saturated carbocycles. The van der Waals surface area contributed by atoms with Gasteiger partial charge in [-0.25, -0.2) is 0 Å². The molecule has 1 aromatic heterocycles. The minimum atomic E-state index is 0. The Morgan fingerprint density at radius 3 is 2.61 bits per heavy atom. The number of allylic oxidation sites excluding steroid dienone is 2. The minimum absolute atomic E-state index is 0. The van der Waals surface area contributed by atoms with Crippen LogP contribution in [0.4, 0.5) is 0 Å². The molecular weight excluding hydrogens is 242 g/mol. The number of aryl methyl sites for hydroxylation is 1. The van der Waals surface area contributed by atoms with Crippen molar-refractivity contribution in [2.45, 2.75) is 19.3 Å². The first kappa shape index (κ1) is 12.8. The molecule has 1 aliphatic rings. The molecule has 0 aliphatic heterocycles. The Hall–Kier alpha value is -1.60. The summed E-state index contributed by atoms with van der Waals surface area (Å²) in [6.07, 6.45) is 9.46. The van der Waals surface area contributed by atoms with Crippen molar-refractivity contribution in [1.82, 2.24) is 4.98 Å². The van der Waals surface area contributed by atoms with Gasteiger partial charge in [-0.3, -0.25) is 4.98 Å². The van der Waals surface area contributed by atoms with Crippen LogP contribution in [0.5, 0.6) is 0 Å². The average Bonchev–Trinajstić information content (AvgIpc) is 2.40. The van der Waals surface area contributed by atoms with Crippen molar-refractivity contribution in [3.8, 4) is 0 Å². The summed E-state index contributed by atoms with van der Waals surface area (Å²) in [5, 5.41) is 0. The summed E-state index contributed by atoms with van der Waals surface area (Å²) in [5.74, 6) is 0. The van der Waals surface area contributed by atoms with Gasteiger partial charge in [-0.2, -0.15) is 0 Å². The Labute approximate surface area is 114 Å².